The van der Waals surface area contributed by atoms with Crippen LogP contribution in [0.5, 0.6) is 0 Å². The van der Waals surface area contributed by atoms with Crippen LogP contribution in [-0.4, -0.2) is 22.9 Å². The van der Waals surface area contributed by atoms with Gasteiger partial charge in [0.05, 0.1) is 12.7 Å². The van der Waals surface area contributed by atoms with E-state index in [2.05, 4.69) is 71.1 Å². The Kier molecular flexibility index (Phi) is 10.6. The Morgan fingerprint density at radius 2 is 1.48 bits per heavy atom. The van der Waals surface area contributed by atoms with Crippen LogP contribution in [0.25, 0.3) is 0 Å². The molecule has 1 aliphatic rings. The molecular formula is C27H38O2. The van der Waals surface area contributed by atoms with E-state index in [0.717, 1.165) is 18.4 Å². The quantitative estimate of drug-likeness (QED) is 0.459. The van der Waals surface area contributed by atoms with Gasteiger partial charge in [0.2, 0.25) is 0 Å². The van der Waals surface area contributed by atoms with E-state index in [9.17, 15) is 5.11 Å². The summed E-state index contributed by atoms with van der Waals surface area (Å²) < 4.78 is 0. The Labute approximate surface area is 177 Å². The minimum Gasteiger partial charge on any atom is -0.393 e. The molecule has 0 spiro atoms. The van der Waals surface area contributed by atoms with E-state index in [1.807, 2.05) is 31.2 Å². The average molecular weight is 395 g/mol. The zero-order valence-electron chi connectivity index (χ0n) is 18.9. The van der Waals surface area contributed by atoms with Crippen LogP contribution < -0.4 is 0 Å². The molecule has 0 aromatic carbocycles. The first-order valence-electron chi connectivity index (χ1n) is 10.4. The molecule has 0 radical (unpaired) electrons. The molecule has 0 saturated carbocycles. The van der Waals surface area contributed by atoms with Gasteiger partial charge in [0.1, 0.15) is 0 Å². The summed E-state index contributed by atoms with van der Waals surface area (Å²) in [5.41, 5.74) is 6.12. The van der Waals surface area contributed by atoms with Gasteiger partial charge in [-0.25, -0.2) is 0 Å². The lowest BCUT2D eigenvalue weighted by Crippen LogP contribution is -2.28. The highest BCUT2D eigenvalue weighted by Crippen LogP contribution is 2.41. The molecule has 0 aliphatic heterocycles. The normalized spacial score (nSPS) is 22.2. The molecular weight excluding hydrogens is 356 g/mol. The smallest absolute Gasteiger partial charge is 0.0615 e. The summed E-state index contributed by atoms with van der Waals surface area (Å²) in [4.78, 5) is 0. The number of hydrogen-bond donors (Lipinski definition) is 2. The molecule has 1 aliphatic carbocycles. The van der Waals surface area contributed by atoms with Crippen molar-refractivity contribution in [1.82, 2.24) is 0 Å². The van der Waals surface area contributed by atoms with Gasteiger partial charge in [0.25, 0.3) is 0 Å². The van der Waals surface area contributed by atoms with Gasteiger partial charge in [-0.3, -0.25) is 0 Å². The topological polar surface area (TPSA) is 40.5 Å². The summed E-state index contributed by atoms with van der Waals surface area (Å²) in [5, 5.41) is 18.8. The minimum atomic E-state index is -0.220. The van der Waals surface area contributed by atoms with Crippen LogP contribution in [0.4, 0.5) is 0 Å². The van der Waals surface area contributed by atoms with Crippen LogP contribution in [0, 0.1) is 5.41 Å². The highest BCUT2D eigenvalue weighted by molar-refractivity contribution is 5.38. The standard InChI is InChI=1S/C27H38O2/c1-21(11-7-8-12-22(2)15-10-18-28)13-9-14-23(3)16-17-26-24(4)19-25(29)20-27(26,5)6/h7-17,25,28-29H,18-20H2,1-6H3/b8-7+,13-9+,15-10+,17-16+,21-11+,22-12+,23-14+/t25-/m0/s1. The molecule has 29 heavy (non-hydrogen) atoms. The lowest BCUT2D eigenvalue weighted by Gasteiger charge is -2.35. The summed E-state index contributed by atoms with van der Waals surface area (Å²) >= 11 is 0. The van der Waals surface area contributed by atoms with Crippen molar-refractivity contribution >= 4 is 0 Å². The van der Waals surface area contributed by atoms with E-state index in [4.69, 9.17) is 5.11 Å². The predicted octanol–water partition coefficient (Wildman–Crippen LogP) is 6.54. The molecule has 0 fully saturated rings. The minimum absolute atomic E-state index is 0.0146. The second-order valence-electron chi connectivity index (χ2n) is 8.53. The van der Waals surface area contributed by atoms with Crippen molar-refractivity contribution in [2.75, 3.05) is 6.61 Å². The maximum atomic E-state index is 10.0. The van der Waals surface area contributed by atoms with Gasteiger partial charge < -0.3 is 10.2 Å². The van der Waals surface area contributed by atoms with Crippen molar-refractivity contribution in [2.45, 2.75) is 60.5 Å². The van der Waals surface area contributed by atoms with Crippen molar-refractivity contribution in [1.29, 1.82) is 0 Å². The number of aliphatic hydroxyl groups excluding tert-OH is 2. The summed E-state index contributed by atoms with van der Waals surface area (Å²) in [6.45, 7) is 12.8. The molecule has 158 valence electrons. The highest BCUT2D eigenvalue weighted by atomic mass is 16.3. The fourth-order valence-electron chi connectivity index (χ4n) is 3.57. The molecule has 0 bridgehead atoms. The monoisotopic (exact) mass is 394 g/mol. The van der Waals surface area contributed by atoms with E-state index in [1.165, 1.54) is 22.3 Å². The largest absolute Gasteiger partial charge is 0.393 e. The van der Waals surface area contributed by atoms with Crippen LogP contribution in [0.3, 0.4) is 0 Å². The maximum Gasteiger partial charge on any atom is 0.0615 e. The predicted molar refractivity (Wildman–Crippen MR) is 127 cm³/mol. The van der Waals surface area contributed by atoms with Gasteiger partial charge in [-0.05, 0) is 51.5 Å². The van der Waals surface area contributed by atoms with E-state index in [-0.39, 0.29) is 18.1 Å². The van der Waals surface area contributed by atoms with E-state index < -0.39 is 0 Å². The molecule has 1 atom stereocenters. The number of aliphatic hydroxyl groups is 2. The summed E-state index contributed by atoms with van der Waals surface area (Å²) in [5.74, 6) is 0. The van der Waals surface area contributed by atoms with Gasteiger partial charge >= 0.3 is 0 Å². The van der Waals surface area contributed by atoms with Crippen molar-refractivity contribution in [3.63, 3.8) is 0 Å². The fraction of sp³-hybridized carbons (Fsp3) is 0.407. The van der Waals surface area contributed by atoms with Crippen molar-refractivity contribution in [3.8, 4) is 0 Å². The second-order valence-corrected chi connectivity index (χ2v) is 8.53. The molecule has 0 amide bonds. The third-order valence-electron chi connectivity index (χ3n) is 5.02. The van der Waals surface area contributed by atoms with Crippen molar-refractivity contribution in [2.24, 2.45) is 5.41 Å². The third-order valence-corrected chi connectivity index (χ3v) is 5.02. The van der Waals surface area contributed by atoms with Gasteiger partial charge in [0, 0.05) is 0 Å². The molecule has 0 heterocycles. The zero-order chi connectivity index (χ0) is 21.9. The van der Waals surface area contributed by atoms with E-state index in [0.29, 0.717) is 0 Å². The molecule has 2 nitrogen and oxygen atoms in total. The van der Waals surface area contributed by atoms with Crippen LogP contribution in [0.1, 0.15) is 54.4 Å². The van der Waals surface area contributed by atoms with E-state index in [1.54, 1.807) is 6.08 Å². The second kappa shape index (κ2) is 12.4. The first-order chi connectivity index (χ1) is 13.7. The number of hydrogen-bond acceptors (Lipinski definition) is 2. The average Bonchev–Trinajstić information content (AvgIpc) is 2.62. The number of allylic oxidation sites excluding steroid dienone is 14. The van der Waals surface area contributed by atoms with Gasteiger partial charge in [-0.1, -0.05) is 103 Å². The molecule has 0 aromatic heterocycles. The highest BCUT2D eigenvalue weighted by Gasteiger charge is 2.31. The first kappa shape index (κ1) is 24.9. The Balaban J connectivity index is 2.70. The van der Waals surface area contributed by atoms with Crippen LogP contribution >= 0.6 is 0 Å². The SMILES string of the molecule is CC1=C(/C=C/C(C)=C/C=C/C(C)=C/C=C/C=C(C)/C=C/CO)C(C)(C)C[C@@H](O)C1. The lowest BCUT2D eigenvalue weighted by molar-refractivity contribution is 0.116. The molecule has 0 unspecified atom stereocenters. The lowest BCUT2D eigenvalue weighted by atomic mass is 9.71. The van der Waals surface area contributed by atoms with Gasteiger partial charge in [-0.15, -0.1) is 0 Å². The molecule has 2 N–H and O–H groups in total. The third kappa shape index (κ3) is 9.74. The maximum absolute atomic E-state index is 10.0. The van der Waals surface area contributed by atoms with E-state index >= 15 is 0 Å². The Bertz CT molecular complexity index is 777. The number of rotatable bonds is 8. The summed E-state index contributed by atoms with van der Waals surface area (Å²) in [6.07, 6.45) is 23.7. The van der Waals surface area contributed by atoms with Crippen molar-refractivity contribution < 1.29 is 10.2 Å². The van der Waals surface area contributed by atoms with Crippen LogP contribution in [0.15, 0.2) is 94.7 Å². The van der Waals surface area contributed by atoms with Crippen LogP contribution in [0.2, 0.25) is 0 Å². The first-order valence-corrected chi connectivity index (χ1v) is 10.4. The summed E-state index contributed by atoms with van der Waals surface area (Å²) in [7, 11) is 0. The Morgan fingerprint density at radius 3 is 2.07 bits per heavy atom. The van der Waals surface area contributed by atoms with Gasteiger partial charge in [0.15, 0.2) is 0 Å². The molecule has 0 aromatic rings. The Hall–Kier alpha value is -2.16. The Morgan fingerprint density at radius 1 is 0.931 bits per heavy atom. The molecule has 0 saturated heterocycles. The zero-order valence-corrected chi connectivity index (χ0v) is 18.9. The van der Waals surface area contributed by atoms with Crippen LogP contribution in [-0.2, 0) is 0 Å². The summed E-state index contributed by atoms with van der Waals surface area (Å²) in [6, 6.07) is 0. The molecule has 1 rings (SSSR count). The van der Waals surface area contributed by atoms with Crippen molar-refractivity contribution in [3.05, 3.63) is 94.7 Å². The fourth-order valence-corrected chi connectivity index (χ4v) is 3.57. The van der Waals surface area contributed by atoms with Gasteiger partial charge in [-0.2, -0.15) is 0 Å². The molecule has 2 heteroatoms.